The van der Waals surface area contributed by atoms with E-state index in [9.17, 15) is 14.4 Å². The van der Waals surface area contributed by atoms with Crippen LogP contribution >= 0.6 is 11.3 Å². The lowest BCUT2D eigenvalue weighted by atomic mass is 9.88. The van der Waals surface area contributed by atoms with E-state index in [1.54, 1.807) is 13.8 Å². The Morgan fingerprint density at radius 2 is 1.40 bits per heavy atom. The molecule has 2 amide bonds. The summed E-state index contributed by atoms with van der Waals surface area (Å²) in [4.78, 5) is 40.3. The maximum absolute atomic E-state index is 13.5. The van der Waals surface area contributed by atoms with E-state index >= 15 is 0 Å². The molecule has 2 N–H and O–H groups in total. The van der Waals surface area contributed by atoms with Crippen molar-refractivity contribution in [1.29, 1.82) is 0 Å². The summed E-state index contributed by atoms with van der Waals surface area (Å²) >= 11 is 1.45. The average molecular weight is 635 g/mol. The highest BCUT2D eigenvalue weighted by molar-refractivity contribution is 7.17. The smallest absolute Gasteiger partial charge is 0.347 e. The number of nitrogens with one attached hydrogen (secondary N) is 2. The van der Waals surface area contributed by atoms with Gasteiger partial charge in [0.1, 0.15) is 23.1 Å². The van der Waals surface area contributed by atoms with Gasteiger partial charge in [-0.05, 0) is 91.8 Å². The van der Waals surface area contributed by atoms with Gasteiger partial charge in [0.15, 0.2) is 12.2 Å². The predicted molar refractivity (Wildman–Crippen MR) is 179 cm³/mol. The summed E-state index contributed by atoms with van der Waals surface area (Å²) in [5, 5.41) is 6.35. The largest absolute Gasteiger partial charge is 0.481 e. The first-order chi connectivity index (χ1) is 21.4. The van der Waals surface area contributed by atoms with Gasteiger partial charge in [0.25, 0.3) is 11.8 Å². The van der Waals surface area contributed by atoms with Crippen molar-refractivity contribution >= 4 is 34.1 Å². The molecule has 0 radical (unpaired) electrons. The monoisotopic (exact) mass is 634 g/mol. The van der Waals surface area contributed by atoms with E-state index in [0.717, 1.165) is 29.7 Å². The second kappa shape index (κ2) is 15.4. The van der Waals surface area contributed by atoms with Crippen LogP contribution in [0.5, 0.6) is 11.5 Å². The van der Waals surface area contributed by atoms with Gasteiger partial charge in [0.2, 0.25) is 0 Å². The summed E-state index contributed by atoms with van der Waals surface area (Å²) in [6.45, 7) is 14.1. The third-order valence-corrected chi connectivity index (χ3v) is 9.20. The summed E-state index contributed by atoms with van der Waals surface area (Å²) in [5.41, 5.74) is 3.84. The Balaban J connectivity index is 1.33. The molecular formula is C36H46N2O6S. The summed E-state index contributed by atoms with van der Waals surface area (Å²) in [7, 11) is 0. The van der Waals surface area contributed by atoms with Gasteiger partial charge in [-0.2, -0.15) is 0 Å². The maximum Gasteiger partial charge on any atom is 0.347 e. The molecule has 0 spiro atoms. The quantitative estimate of drug-likeness (QED) is 0.152. The number of carbonyl (C=O) groups excluding carboxylic acids is 3. The Kier molecular flexibility index (Phi) is 11.7. The first-order valence-electron chi connectivity index (χ1n) is 15.9. The fourth-order valence-corrected chi connectivity index (χ4v) is 6.60. The number of amides is 2. The normalized spacial score (nSPS) is 15.6. The molecule has 0 bridgehead atoms. The lowest BCUT2D eigenvalue weighted by Crippen LogP contribution is -2.33. The first-order valence-corrected chi connectivity index (χ1v) is 16.7. The fraction of sp³-hybridized carbons (Fsp3) is 0.472. The Morgan fingerprint density at radius 1 is 0.844 bits per heavy atom. The SMILES string of the molecule is CC1CCc2c(sc(NC(=O)C(C)Oc3ccc(C(C)C)cc3)c2C(=O)NCCOC(=O)C(C)Oc2ccc(C(C)C)cc2)C1. The van der Waals surface area contributed by atoms with E-state index < -0.39 is 18.2 Å². The van der Waals surface area contributed by atoms with Gasteiger partial charge in [-0.1, -0.05) is 58.9 Å². The van der Waals surface area contributed by atoms with Crippen LogP contribution in [-0.4, -0.2) is 43.1 Å². The van der Waals surface area contributed by atoms with Crippen molar-refractivity contribution in [3.05, 3.63) is 75.7 Å². The number of carbonyl (C=O) groups is 3. The molecule has 3 unspecified atom stereocenters. The molecule has 3 atom stereocenters. The number of rotatable bonds is 13. The summed E-state index contributed by atoms with van der Waals surface area (Å²) in [5.74, 6) is 1.36. The van der Waals surface area contributed by atoms with Gasteiger partial charge in [0, 0.05) is 4.88 Å². The van der Waals surface area contributed by atoms with Gasteiger partial charge < -0.3 is 24.8 Å². The van der Waals surface area contributed by atoms with Crippen LogP contribution in [-0.2, 0) is 27.2 Å². The Labute approximate surface area is 270 Å². The molecule has 1 aliphatic rings. The van der Waals surface area contributed by atoms with Crippen LogP contribution < -0.4 is 20.1 Å². The van der Waals surface area contributed by atoms with E-state index in [4.69, 9.17) is 14.2 Å². The van der Waals surface area contributed by atoms with E-state index in [-0.39, 0.29) is 25.0 Å². The molecular weight excluding hydrogens is 588 g/mol. The second-order valence-electron chi connectivity index (χ2n) is 12.4. The highest BCUT2D eigenvalue weighted by atomic mass is 32.1. The molecule has 4 rings (SSSR count). The molecule has 0 aliphatic heterocycles. The fourth-order valence-electron chi connectivity index (χ4n) is 5.19. The minimum Gasteiger partial charge on any atom is -0.481 e. The van der Waals surface area contributed by atoms with Crippen molar-refractivity contribution in [1.82, 2.24) is 5.32 Å². The number of benzene rings is 2. The number of ether oxygens (including phenoxy) is 3. The zero-order valence-electron chi connectivity index (χ0n) is 27.4. The molecule has 2 aromatic carbocycles. The van der Waals surface area contributed by atoms with Crippen molar-refractivity contribution in [2.45, 2.75) is 91.8 Å². The first kappa shape index (κ1) is 34.0. The molecule has 45 heavy (non-hydrogen) atoms. The number of hydrogen-bond acceptors (Lipinski definition) is 7. The number of hydrogen-bond donors (Lipinski definition) is 2. The number of thiophene rings is 1. The topological polar surface area (TPSA) is 103 Å². The highest BCUT2D eigenvalue weighted by Gasteiger charge is 2.29. The zero-order valence-corrected chi connectivity index (χ0v) is 28.2. The van der Waals surface area contributed by atoms with E-state index in [2.05, 4.69) is 45.3 Å². The van der Waals surface area contributed by atoms with E-state index in [1.807, 2.05) is 48.5 Å². The highest BCUT2D eigenvalue weighted by Crippen LogP contribution is 2.40. The summed E-state index contributed by atoms with van der Waals surface area (Å²) < 4.78 is 17.0. The van der Waals surface area contributed by atoms with Crippen LogP contribution in [0.4, 0.5) is 5.00 Å². The van der Waals surface area contributed by atoms with Crippen LogP contribution in [0, 0.1) is 5.92 Å². The molecule has 0 saturated heterocycles. The molecule has 0 fully saturated rings. The minimum absolute atomic E-state index is 0.00388. The Bertz CT molecular complexity index is 1460. The van der Waals surface area contributed by atoms with Crippen molar-refractivity contribution in [2.24, 2.45) is 5.92 Å². The van der Waals surface area contributed by atoms with Crippen molar-refractivity contribution in [3.8, 4) is 11.5 Å². The van der Waals surface area contributed by atoms with Crippen molar-refractivity contribution in [3.63, 3.8) is 0 Å². The number of esters is 1. The van der Waals surface area contributed by atoms with Crippen LogP contribution in [0.25, 0.3) is 0 Å². The Morgan fingerprint density at radius 3 is 1.96 bits per heavy atom. The van der Waals surface area contributed by atoms with Crippen LogP contribution in [0.1, 0.15) is 98.6 Å². The van der Waals surface area contributed by atoms with Gasteiger partial charge >= 0.3 is 5.97 Å². The molecule has 242 valence electrons. The van der Waals surface area contributed by atoms with E-state index in [0.29, 0.717) is 39.8 Å². The third kappa shape index (κ3) is 9.10. The van der Waals surface area contributed by atoms with Gasteiger partial charge in [-0.3, -0.25) is 9.59 Å². The van der Waals surface area contributed by atoms with Crippen molar-refractivity contribution < 1.29 is 28.6 Å². The number of fused-ring (bicyclic) bond motifs is 1. The van der Waals surface area contributed by atoms with Crippen LogP contribution in [0.15, 0.2) is 48.5 Å². The standard InChI is InChI=1S/C36H46N2O6S/c1-21(2)26-9-13-28(14-10-26)43-24(6)33(39)38-35-32(30-17-8-23(5)20-31(30)45-35)34(40)37-18-19-42-36(41)25(7)44-29-15-11-27(12-16-29)22(3)4/h9-16,21-25H,8,17-20H2,1-7H3,(H,37,40)(H,38,39). The average Bonchev–Trinajstić information content (AvgIpc) is 3.36. The van der Waals surface area contributed by atoms with Gasteiger partial charge in [0.05, 0.1) is 12.1 Å². The number of anilines is 1. The van der Waals surface area contributed by atoms with Gasteiger partial charge in [-0.25, -0.2) is 4.79 Å². The Hall–Kier alpha value is -3.85. The minimum atomic E-state index is -0.796. The molecule has 9 heteroatoms. The predicted octanol–water partition coefficient (Wildman–Crippen LogP) is 7.27. The van der Waals surface area contributed by atoms with Crippen LogP contribution in [0.2, 0.25) is 0 Å². The molecule has 3 aromatic rings. The molecule has 8 nitrogen and oxygen atoms in total. The van der Waals surface area contributed by atoms with Crippen LogP contribution in [0.3, 0.4) is 0 Å². The zero-order chi connectivity index (χ0) is 32.7. The molecule has 0 saturated carbocycles. The van der Waals surface area contributed by atoms with E-state index in [1.165, 1.54) is 22.5 Å². The molecule has 1 aromatic heterocycles. The summed E-state index contributed by atoms with van der Waals surface area (Å²) in [6.07, 6.45) is 1.04. The van der Waals surface area contributed by atoms with Gasteiger partial charge in [-0.15, -0.1) is 11.3 Å². The van der Waals surface area contributed by atoms with Crippen molar-refractivity contribution in [2.75, 3.05) is 18.5 Å². The molecule has 1 aliphatic carbocycles. The summed E-state index contributed by atoms with van der Waals surface area (Å²) in [6, 6.07) is 15.4. The molecule has 1 heterocycles. The third-order valence-electron chi connectivity index (χ3n) is 8.03. The lowest BCUT2D eigenvalue weighted by molar-refractivity contribution is -0.150. The lowest BCUT2D eigenvalue weighted by Gasteiger charge is -2.19. The second-order valence-corrected chi connectivity index (χ2v) is 13.5. The maximum atomic E-state index is 13.5.